The fourth-order valence-electron chi connectivity index (χ4n) is 4.94. The number of carbonyl (C=O) groups is 1. The first-order valence-corrected chi connectivity index (χ1v) is 10.3. The van der Waals surface area contributed by atoms with Crippen LogP contribution in [0.5, 0.6) is 0 Å². The summed E-state index contributed by atoms with van der Waals surface area (Å²) in [6, 6.07) is 15.0. The second kappa shape index (κ2) is 7.06. The summed E-state index contributed by atoms with van der Waals surface area (Å²) in [6.45, 7) is 2.42. The van der Waals surface area contributed by atoms with Crippen LogP contribution in [0.1, 0.15) is 53.9 Å². The van der Waals surface area contributed by atoms with Crippen LogP contribution in [0.4, 0.5) is 0 Å². The van der Waals surface area contributed by atoms with E-state index in [4.69, 9.17) is 5.73 Å². The lowest BCUT2D eigenvalue weighted by Gasteiger charge is -2.23. The van der Waals surface area contributed by atoms with Gasteiger partial charge in [0.2, 0.25) is 0 Å². The number of aromatic amines is 1. The van der Waals surface area contributed by atoms with Gasteiger partial charge in [-0.25, -0.2) is 4.98 Å². The summed E-state index contributed by atoms with van der Waals surface area (Å²) in [5, 5.41) is 0. The third-order valence-corrected chi connectivity index (χ3v) is 6.49. The Bertz CT molecular complexity index is 1000. The molecule has 5 rings (SSSR count). The molecule has 1 saturated heterocycles. The molecule has 1 saturated carbocycles. The lowest BCUT2D eigenvalue weighted by molar-refractivity contribution is 0.100. The summed E-state index contributed by atoms with van der Waals surface area (Å²) in [7, 11) is 0. The number of para-hydroxylation sites is 1. The number of hydrogen-bond donors (Lipinski definition) is 2. The molecule has 1 unspecified atom stereocenters. The largest absolute Gasteiger partial charge is 0.366 e. The van der Waals surface area contributed by atoms with E-state index in [1.165, 1.54) is 50.8 Å². The molecule has 2 heterocycles. The number of nitrogens with zero attached hydrogens (tertiary/aromatic N) is 2. The Balaban J connectivity index is 1.36. The molecule has 1 aliphatic heterocycles. The van der Waals surface area contributed by atoms with Gasteiger partial charge >= 0.3 is 0 Å². The first-order chi connectivity index (χ1) is 13.7. The molecular weight excluding hydrogens is 348 g/mol. The molecule has 0 spiro atoms. The minimum Gasteiger partial charge on any atom is -0.366 e. The van der Waals surface area contributed by atoms with Crippen LogP contribution in [-0.4, -0.2) is 39.9 Å². The van der Waals surface area contributed by atoms with Gasteiger partial charge in [-0.2, -0.15) is 0 Å². The van der Waals surface area contributed by atoms with E-state index in [9.17, 15) is 4.79 Å². The number of carbonyl (C=O) groups excluding carboxylic acids is 1. The van der Waals surface area contributed by atoms with E-state index in [0.29, 0.717) is 17.0 Å². The summed E-state index contributed by atoms with van der Waals surface area (Å²) in [5.74, 6) is 0.952. The molecule has 3 aromatic rings. The molecule has 1 amide bonds. The van der Waals surface area contributed by atoms with Crippen molar-refractivity contribution in [1.29, 1.82) is 0 Å². The average molecular weight is 374 g/mol. The van der Waals surface area contributed by atoms with Crippen LogP contribution >= 0.6 is 0 Å². The Hall–Kier alpha value is -2.66. The van der Waals surface area contributed by atoms with Crippen LogP contribution in [0.15, 0.2) is 42.5 Å². The number of aromatic nitrogens is 2. The molecule has 5 nitrogen and oxygen atoms in total. The van der Waals surface area contributed by atoms with Crippen molar-refractivity contribution in [3.05, 3.63) is 53.6 Å². The second-order valence-electron chi connectivity index (χ2n) is 8.19. The predicted molar refractivity (Wildman–Crippen MR) is 111 cm³/mol. The smallest absolute Gasteiger partial charge is 0.250 e. The van der Waals surface area contributed by atoms with Crippen molar-refractivity contribution >= 4 is 16.9 Å². The summed E-state index contributed by atoms with van der Waals surface area (Å²) >= 11 is 0. The van der Waals surface area contributed by atoms with E-state index in [1.54, 1.807) is 6.07 Å². The maximum Gasteiger partial charge on any atom is 0.250 e. The number of nitrogens with one attached hydrogen (secondary N) is 1. The number of H-pyrrole nitrogens is 1. The lowest BCUT2D eigenvalue weighted by Crippen LogP contribution is -2.30. The van der Waals surface area contributed by atoms with Crippen molar-refractivity contribution in [2.45, 2.75) is 44.1 Å². The number of nitrogens with two attached hydrogens (primary N) is 1. The van der Waals surface area contributed by atoms with Gasteiger partial charge in [-0.1, -0.05) is 43.2 Å². The Morgan fingerprint density at radius 2 is 1.86 bits per heavy atom. The van der Waals surface area contributed by atoms with E-state index < -0.39 is 5.91 Å². The Morgan fingerprint density at radius 1 is 1.07 bits per heavy atom. The molecular formula is C23H26N4O. The van der Waals surface area contributed by atoms with Crippen molar-refractivity contribution in [3.8, 4) is 11.4 Å². The average Bonchev–Trinajstić information content (AvgIpc) is 3.47. The number of hydrogen-bond acceptors (Lipinski definition) is 3. The standard InChI is InChI=1S/C23H26N4O/c24-22(28)19-6-3-7-20-21(19)26-23(25-20)16-10-8-15(9-11-16)17-12-13-27(14-17)18-4-1-2-5-18/h3,6-11,17-18H,1-2,4-5,12-14H2,(H2,24,28)(H,25,26). The van der Waals surface area contributed by atoms with Gasteiger partial charge in [-0.3, -0.25) is 9.69 Å². The maximum atomic E-state index is 11.6. The first kappa shape index (κ1) is 17.4. The van der Waals surface area contributed by atoms with E-state index in [-0.39, 0.29) is 0 Å². The van der Waals surface area contributed by atoms with Crippen LogP contribution in [-0.2, 0) is 0 Å². The number of fused-ring (bicyclic) bond motifs is 1. The highest BCUT2D eigenvalue weighted by Crippen LogP contribution is 2.34. The highest BCUT2D eigenvalue weighted by molar-refractivity contribution is 6.04. The fourth-order valence-corrected chi connectivity index (χ4v) is 4.94. The van der Waals surface area contributed by atoms with Crippen molar-refractivity contribution in [3.63, 3.8) is 0 Å². The summed E-state index contributed by atoms with van der Waals surface area (Å²) < 4.78 is 0. The molecule has 3 N–H and O–H groups in total. The monoisotopic (exact) mass is 374 g/mol. The van der Waals surface area contributed by atoms with Gasteiger partial charge in [0, 0.05) is 18.2 Å². The molecule has 2 fully saturated rings. The third kappa shape index (κ3) is 3.10. The van der Waals surface area contributed by atoms with Crippen molar-refractivity contribution in [2.75, 3.05) is 13.1 Å². The molecule has 28 heavy (non-hydrogen) atoms. The number of benzene rings is 2. The van der Waals surface area contributed by atoms with Gasteiger partial charge in [0.1, 0.15) is 11.3 Å². The zero-order chi connectivity index (χ0) is 19.1. The predicted octanol–water partition coefficient (Wildman–Crippen LogP) is 4.06. The third-order valence-electron chi connectivity index (χ3n) is 6.49. The Morgan fingerprint density at radius 3 is 2.61 bits per heavy atom. The molecule has 2 aliphatic rings. The SMILES string of the molecule is NC(=O)c1cccc2[nH]c(-c3ccc(C4CCN(C5CCCC5)C4)cc3)nc12. The quantitative estimate of drug-likeness (QED) is 0.723. The molecule has 1 atom stereocenters. The minimum absolute atomic E-state index is 0.452. The lowest BCUT2D eigenvalue weighted by atomic mass is 9.97. The van der Waals surface area contributed by atoms with Gasteiger partial charge < -0.3 is 10.7 Å². The molecule has 0 bridgehead atoms. The normalized spacial score (nSPS) is 20.9. The van der Waals surface area contributed by atoms with Gasteiger partial charge in [-0.15, -0.1) is 0 Å². The zero-order valence-electron chi connectivity index (χ0n) is 16.0. The zero-order valence-corrected chi connectivity index (χ0v) is 16.0. The van der Waals surface area contributed by atoms with Gasteiger partial charge in [0.15, 0.2) is 0 Å². The van der Waals surface area contributed by atoms with Crippen LogP contribution in [0.25, 0.3) is 22.4 Å². The highest BCUT2D eigenvalue weighted by Gasteiger charge is 2.30. The number of amides is 1. The van der Waals surface area contributed by atoms with Crippen molar-refractivity contribution < 1.29 is 4.79 Å². The Kier molecular flexibility index (Phi) is 4.40. The molecule has 2 aromatic carbocycles. The second-order valence-corrected chi connectivity index (χ2v) is 8.19. The minimum atomic E-state index is -0.452. The number of imidazole rings is 1. The first-order valence-electron chi connectivity index (χ1n) is 10.3. The van der Waals surface area contributed by atoms with Crippen LogP contribution in [0.2, 0.25) is 0 Å². The van der Waals surface area contributed by atoms with Gasteiger partial charge in [-0.05, 0) is 49.4 Å². The summed E-state index contributed by atoms with van der Waals surface area (Å²) in [4.78, 5) is 22.3. The molecule has 0 radical (unpaired) electrons. The molecule has 144 valence electrons. The van der Waals surface area contributed by atoms with E-state index in [2.05, 4.69) is 39.1 Å². The highest BCUT2D eigenvalue weighted by atomic mass is 16.1. The van der Waals surface area contributed by atoms with E-state index in [0.717, 1.165) is 22.9 Å². The number of rotatable bonds is 4. The van der Waals surface area contributed by atoms with E-state index >= 15 is 0 Å². The summed E-state index contributed by atoms with van der Waals surface area (Å²) in [5.41, 5.74) is 9.84. The fraction of sp³-hybridized carbons (Fsp3) is 0.391. The van der Waals surface area contributed by atoms with Crippen molar-refractivity contribution in [2.24, 2.45) is 5.73 Å². The van der Waals surface area contributed by atoms with Gasteiger partial charge in [0.05, 0.1) is 11.1 Å². The van der Waals surface area contributed by atoms with Crippen LogP contribution in [0, 0.1) is 0 Å². The molecule has 1 aliphatic carbocycles. The van der Waals surface area contributed by atoms with Crippen LogP contribution < -0.4 is 5.73 Å². The van der Waals surface area contributed by atoms with Gasteiger partial charge in [0.25, 0.3) is 5.91 Å². The summed E-state index contributed by atoms with van der Waals surface area (Å²) in [6.07, 6.45) is 6.81. The van der Waals surface area contributed by atoms with Crippen molar-refractivity contribution in [1.82, 2.24) is 14.9 Å². The van der Waals surface area contributed by atoms with Crippen LogP contribution in [0.3, 0.4) is 0 Å². The number of primary amides is 1. The molecule has 5 heteroatoms. The maximum absolute atomic E-state index is 11.6. The topological polar surface area (TPSA) is 75.0 Å². The van der Waals surface area contributed by atoms with E-state index in [1.807, 2.05) is 12.1 Å². The number of likely N-dealkylation sites (tertiary alicyclic amines) is 1. The molecule has 1 aromatic heterocycles. The Labute approximate surface area is 164 Å².